The third-order valence-corrected chi connectivity index (χ3v) is 10.1. The van der Waals surface area contributed by atoms with Crippen LogP contribution in [-0.4, -0.2) is 59.0 Å². The van der Waals surface area contributed by atoms with Gasteiger partial charge in [0.15, 0.2) is 0 Å². The fraction of sp³-hybridized carbons (Fsp3) is 0.929. The number of hydrogen-bond acceptors (Lipinski definition) is 3. The lowest BCUT2D eigenvalue weighted by molar-refractivity contribution is -0.160. The van der Waals surface area contributed by atoms with E-state index in [9.17, 15) is 9.59 Å². The SMILES string of the molecule is CC(=O)N1C2CCC(C3CCCC(C4CCCCC4)C3)CC2N(C(=O)C2CCCO2)C[C@@H]1C. The lowest BCUT2D eigenvalue weighted by atomic mass is 9.64. The topological polar surface area (TPSA) is 49.9 Å². The molecule has 3 aliphatic carbocycles. The predicted molar refractivity (Wildman–Crippen MR) is 130 cm³/mol. The highest BCUT2D eigenvalue weighted by Crippen LogP contribution is 2.47. The van der Waals surface area contributed by atoms with Crippen molar-refractivity contribution in [3.63, 3.8) is 0 Å². The van der Waals surface area contributed by atoms with Crippen LogP contribution in [0.25, 0.3) is 0 Å². The standard InChI is InChI=1S/C28H46N2O3/c1-19-18-29(28(32)27-12-7-15-33-27)26-17-24(13-14-25(26)30(19)20(2)31)23-11-6-10-22(16-23)21-8-4-3-5-9-21/h19,21-27H,3-18H2,1-2H3/t19-,22?,23?,24?,25?,26?,27?/m0/s1. The summed E-state index contributed by atoms with van der Waals surface area (Å²) in [5.41, 5.74) is 0. The van der Waals surface area contributed by atoms with Crippen LogP contribution in [0.1, 0.15) is 104 Å². The molecule has 2 amide bonds. The van der Waals surface area contributed by atoms with E-state index in [1.807, 2.05) is 0 Å². The number of fused-ring (bicyclic) bond motifs is 1. The van der Waals surface area contributed by atoms with Gasteiger partial charge in [-0.15, -0.1) is 0 Å². The van der Waals surface area contributed by atoms with Crippen LogP contribution >= 0.6 is 0 Å². The Morgan fingerprint density at radius 1 is 0.727 bits per heavy atom. The molecule has 5 fully saturated rings. The summed E-state index contributed by atoms with van der Waals surface area (Å²) in [4.78, 5) is 30.4. The number of rotatable bonds is 3. The number of ether oxygens (including phenoxy) is 1. The van der Waals surface area contributed by atoms with Gasteiger partial charge in [-0.05, 0) is 69.1 Å². The first-order valence-corrected chi connectivity index (χ1v) is 14.2. The van der Waals surface area contributed by atoms with Gasteiger partial charge in [-0.1, -0.05) is 51.4 Å². The summed E-state index contributed by atoms with van der Waals surface area (Å²) < 4.78 is 5.81. The Morgan fingerprint density at radius 2 is 1.42 bits per heavy atom. The van der Waals surface area contributed by atoms with Gasteiger partial charge in [0, 0.05) is 26.1 Å². The minimum absolute atomic E-state index is 0.0935. The molecule has 33 heavy (non-hydrogen) atoms. The number of hydrogen-bond donors (Lipinski definition) is 0. The molecule has 6 unspecified atom stereocenters. The van der Waals surface area contributed by atoms with E-state index in [0.29, 0.717) is 19.1 Å². The maximum Gasteiger partial charge on any atom is 0.252 e. The third-order valence-electron chi connectivity index (χ3n) is 10.1. The van der Waals surface area contributed by atoms with Crippen molar-refractivity contribution < 1.29 is 14.3 Å². The van der Waals surface area contributed by atoms with Crippen molar-refractivity contribution in [3.05, 3.63) is 0 Å². The Labute approximate surface area is 201 Å². The maximum atomic E-state index is 13.5. The zero-order valence-electron chi connectivity index (χ0n) is 21.1. The number of carbonyl (C=O) groups is 2. The van der Waals surface area contributed by atoms with Gasteiger partial charge in [0.1, 0.15) is 6.10 Å². The Kier molecular flexibility index (Phi) is 7.34. The second-order valence-corrected chi connectivity index (χ2v) is 12.1. The molecule has 3 saturated carbocycles. The van der Waals surface area contributed by atoms with Gasteiger partial charge >= 0.3 is 0 Å². The van der Waals surface area contributed by atoms with Crippen molar-refractivity contribution in [1.82, 2.24) is 9.80 Å². The van der Waals surface area contributed by atoms with E-state index >= 15 is 0 Å². The summed E-state index contributed by atoms with van der Waals surface area (Å²) in [6.07, 6.45) is 17.8. The smallest absolute Gasteiger partial charge is 0.252 e. The zero-order chi connectivity index (χ0) is 22.9. The highest BCUT2D eigenvalue weighted by Gasteiger charge is 2.49. The van der Waals surface area contributed by atoms with Crippen molar-refractivity contribution in [2.24, 2.45) is 23.7 Å². The summed E-state index contributed by atoms with van der Waals surface area (Å²) in [6.45, 7) is 5.21. The van der Waals surface area contributed by atoms with E-state index in [-0.39, 0.29) is 36.0 Å². The van der Waals surface area contributed by atoms with Crippen LogP contribution in [0.2, 0.25) is 0 Å². The first-order chi connectivity index (χ1) is 16.0. The molecule has 2 aliphatic heterocycles. The van der Waals surface area contributed by atoms with Crippen molar-refractivity contribution >= 4 is 11.8 Å². The lowest BCUT2D eigenvalue weighted by Gasteiger charge is -2.55. The first kappa shape index (κ1) is 23.6. The summed E-state index contributed by atoms with van der Waals surface area (Å²) in [6, 6.07) is 0.456. The zero-order valence-corrected chi connectivity index (χ0v) is 21.1. The van der Waals surface area contributed by atoms with E-state index in [1.165, 1.54) is 64.2 Å². The van der Waals surface area contributed by atoms with Gasteiger partial charge in [-0.2, -0.15) is 0 Å². The van der Waals surface area contributed by atoms with Gasteiger partial charge in [-0.3, -0.25) is 9.59 Å². The van der Waals surface area contributed by atoms with Gasteiger partial charge in [-0.25, -0.2) is 0 Å². The molecule has 0 aromatic heterocycles. The summed E-state index contributed by atoms with van der Waals surface area (Å²) in [5.74, 6) is 3.80. The van der Waals surface area contributed by atoms with E-state index < -0.39 is 0 Å². The Hall–Kier alpha value is -1.10. The second-order valence-electron chi connectivity index (χ2n) is 12.1. The van der Waals surface area contributed by atoms with Crippen LogP contribution in [0.15, 0.2) is 0 Å². The number of piperazine rings is 1. The Morgan fingerprint density at radius 3 is 2.12 bits per heavy atom. The van der Waals surface area contributed by atoms with E-state index in [0.717, 1.165) is 43.4 Å². The van der Waals surface area contributed by atoms with E-state index in [4.69, 9.17) is 4.74 Å². The average molecular weight is 459 g/mol. The fourth-order valence-corrected chi connectivity index (χ4v) is 8.57. The van der Waals surface area contributed by atoms with Gasteiger partial charge < -0.3 is 14.5 Å². The van der Waals surface area contributed by atoms with Crippen molar-refractivity contribution in [3.8, 4) is 0 Å². The van der Waals surface area contributed by atoms with Crippen molar-refractivity contribution in [1.29, 1.82) is 0 Å². The Bertz CT molecular complexity index is 699. The monoisotopic (exact) mass is 458 g/mol. The minimum atomic E-state index is -0.257. The summed E-state index contributed by atoms with van der Waals surface area (Å²) in [7, 11) is 0. The molecule has 0 radical (unpaired) electrons. The second kappa shape index (κ2) is 10.3. The highest BCUT2D eigenvalue weighted by molar-refractivity contribution is 5.82. The van der Waals surface area contributed by atoms with E-state index in [1.54, 1.807) is 6.92 Å². The molecule has 5 aliphatic rings. The van der Waals surface area contributed by atoms with Crippen LogP contribution in [-0.2, 0) is 14.3 Å². The molecular formula is C28H46N2O3. The summed E-state index contributed by atoms with van der Waals surface area (Å²) >= 11 is 0. The maximum absolute atomic E-state index is 13.5. The average Bonchev–Trinajstić information content (AvgIpc) is 3.38. The van der Waals surface area contributed by atoms with E-state index in [2.05, 4.69) is 16.7 Å². The summed E-state index contributed by atoms with van der Waals surface area (Å²) in [5, 5.41) is 0. The molecule has 0 N–H and O–H groups in total. The third kappa shape index (κ3) is 4.86. The molecule has 5 nitrogen and oxygen atoms in total. The van der Waals surface area contributed by atoms with Crippen molar-refractivity contribution in [2.75, 3.05) is 13.2 Å². The van der Waals surface area contributed by atoms with Crippen LogP contribution in [0.3, 0.4) is 0 Å². The first-order valence-electron chi connectivity index (χ1n) is 14.2. The molecule has 2 heterocycles. The fourth-order valence-electron chi connectivity index (χ4n) is 8.57. The highest BCUT2D eigenvalue weighted by atomic mass is 16.5. The largest absolute Gasteiger partial charge is 0.368 e. The molecule has 7 atom stereocenters. The molecule has 0 aromatic carbocycles. The lowest BCUT2D eigenvalue weighted by Crippen LogP contribution is -2.68. The molecule has 0 aromatic rings. The van der Waals surface area contributed by atoms with Gasteiger partial charge in [0.25, 0.3) is 5.91 Å². The molecule has 0 bridgehead atoms. The molecule has 5 heteroatoms. The number of carbonyl (C=O) groups excluding carboxylic acids is 2. The van der Waals surface area contributed by atoms with Crippen LogP contribution in [0.5, 0.6) is 0 Å². The number of nitrogens with zero attached hydrogens (tertiary/aromatic N) is 2. The molecule has 186 valence electrons. The molecule has 2 saturated heterocycles. The van der Waals surface area contributed by atoms with Gasteiger partial charge in [0.05, 0.1) is 12.1 Å². The van der Waals surface area contributed by atoms with Crippen molar-refractivity contribution in [2.45, 2.75) is 128 Å². The van der Waals surface area contributed by atoms with Crippen LogP contribution < -0.4 is 0 Å². The molecular weight excluding hydrogens is 412 g/mol. The van der Waals surface area contributed by atoms with Crippen LogP contribution in [0.4, 0.5) is 0 Å². The molecule has 5 rings (SSSR count). The normalized spacial score (nSPS) is 40.5. The van der Waals surface area contributed by atoms with Gasteiger partial charge in [0.2, 0.25) is 5.91 Å². The number of amides is 2. The molecule has 0 spiro atoms. The van der Waals surface area contributed by atoms with Crippen LogP contribution in [0, 0.1) is 23.7 Å². The minimum Gasteiger partial charge on any atom is -0.368 e. The Balaban J connectivity index is 1.31. The quantitative estimate of drug-likeness (QED) is 0.586. The predicted octanol–water partition coefficient (Wildman–Crippen LogP) is 5.17.